The summed E-state index contributed by atoms with van der Waals surface area (Å²) in [7, 11) is 1.54. The van der Waals surface area contributed by atoms with Crippen LogP contribution in [-0.2, 0) is 23.9 Å². The molecule has 0 saturated heterocycles. The number of ether oxygens (including phenoxy) is 3. The molecule has 4 rings (SSSR count). The van der Waals surface area contributed by atoms with Crippen molar-refractivity contribution in [2.75, 3.05) is 20.3 Å². The summed E-state index contributed by atoms with van der Waals surface area (Å²) in [5.41, 5.74) is 3.77. The largest absolute Gasteiger partial charge is 0.463 e. The third kappa shape index (κ3) is 5.41. The van der Waals surface area contributed by atoms with Gasteiger partial charge in [-0.1, -0.05) is 42.5 Å². The van der Waals surface area contributed by atoms with Crippen molar-refractivity contribution in [3.8, 4) is 5.75 Å². The van der Waals surface area contributed by atoms with Crippen LogP contribution in [0, 0.1) is 5.92 Å². The highest BCUT2D eigenvalue weighted by Crippen LogP contribution is 2.47. The molecular formula is C28H29NO6. The third-order valence-corrected chi connectivity index (χ3v) is 6.45. The lowest BCUT2D eigenvalue weighted by Gasteiger charge is -2.36. The SMILES string of the molecule is COCCOC(=O)C1C(C)=NC2=C(C(=O)C[C@H](c3ccccc3)C2)[C@H]1c1ccc(OC(C)=O)cc1. The van der Waals surface area contributed by atoms with Crippen molar-refractivity contribution >= 4 is 23.4 Å². The molecule has 1 aliphatic heterocycles. The zero-order valence-electron chi connectivity index (χ0n) is 20.2. The lowest BCUT2D eigenvalue weighted by atomic mass is 9.69. The van der Waals surface area contributed by atoms with Gasteiger partial charge in [0.1, 0.15) is 18.3 Å². The van der Waals surface area contributed by atoms with Crippen LogP contribution in [0.5, 0.6) is 5.75 Å². The molecule has 1 aliphatic carbocycles. The molecule has 0 spiro atoms. The van der Waals surface area contributed by atoms with Crippen LogP contribution in [0.25, 0.3) is 0 Å². The number of allylic oxidation sites excluding steroid dienone is 2. The number of aliphatic imine (C=N–C) groups is 1. The smallest absolute Gasteiger partial charge is 0.315 e. The minimum Gasteiger partial charge on any atom is -0.463 e. The van der Waals surface area contributed by atoms with Crippen LogP contribution in [0.3, 0.4) is 0 Å². The second-order valence-corrected chi connectivity index (χ2v) is 8.83. The summed E-state index contributed by atoms with van der Waals surface area (Å²) >= 11 is 0. The number of carbonyl (C=O) groups excluding carboxylic acids is 3. The van der Waals surface area contributed by atoms with E-state index < -0.39 is 23.8 Å². The van der Waals surface area contributed by atoms with Gasteiger partial charge in [-0.2, -0.15) is 0 Å². The fraction of sp³-hybridized carbons (Fsp3) is 0.357. The molecule has 0 bridgehead atoms. The van der Waals surface area contributed by atoms with Crippen LogP contribution in [0.1, 0.15) is 49.7 Å². The summed E-state index contributed by atoms with van der Waals surface area (Å²) < 4.78 is 15.6. The molecule has 182 valence electrons. The van der Waals surface area contributed by atoms with E-state index in [-0.39, 0.29) is 24.9 Å². The standard InChI is InChI=1S/C28H29NO6/c1-17-25(28(32)34-14-13-33-3)26(20-9-11-22(12-10-20)35-18(2)30)27-23(29-17)15-21(16-24(27)31)19-7-5-4-6-8-19/h4-12,21,25-26H,13-16H2,1-3H3/t21-,25?,26+/m1/s1. The van der Waals surface area contributed by atoms with Crippen molar-refractivity contribution in [3.63, 3.8) is 0 Å². The molecule has 1 unspecified atom stereocenters. The Balaban J connectivity index is 1.73. The molecule has 2 aliphatic rings. The van der Waals surface area contributed by atoms with Gasteiger partial charge < -0.3 is 14.2 Å². The van der Waals surface area contributed by atoms with Crippen LogP contribution in [0.2, 0.25) is 0 Å². The summed E-state index contributed by atoms with van der Waals surface area (Å²) in [6.07, 6.45) is 0.973. The zero-order valence-corrected chi connectivity index (χ0v) is 20.2. The van der Waals surface area contributed by atoms with E-state index in [1.807, 2.05) is 37.3 Å². The average molecular weight is 476 g/mol. The molecule has 0 amide bonds. The topological polar surface area (TPSA) is 91.3 Å². The van der Waals surface area contributed by atoms with Crippen LogP contribution in [-0.4, -0.2) is 43.8 Å². The summed E-state index contributed by atoms with van der Waals surface area (Å²) in [6, 6.07) is 16.9. The van der Waals surface area contributed by atoms with Gasteiger partial charge in [-0.05, 0) is 42.5 Å². The number of hydrogen-bond donors (Lipinski definition) is 0. The fourth-order valence-electron chi connectivity index (χ4n) is 4.91. The van der Waals surface area contributed by atoms with Gasteiger partial charge in [-0.3, -0.25) is 19.4 Å². The first-order valence-electron chi connectivity index (χ1n) is 11.7. The number of rotatable bonds is 7. The molecule has 0 aromatic heterocycles. The number of hydrogen-bond acceptors (Lipinski definition) is 7. The first kappa shape index (κ1) is 24.5. The molecule has 2 aromatic rings. The van der Waals surface area contributed by atoms with Crippen LogP contribution in [0.15, 0.2) is 70.9 Å². The number of benzene rings is 2. The second kappa shape index (κ2) is 10.8. The number of ketones is 1. The highest BCUT2D eigenvalue weighted by Gasteiger charge is 2.44. The molecule has 35 heavy (non-hydrogen) atoms. The minimum atomic E-state index is -0.734. The third-order valence-electron chi connectivity index (χ3n) is 6.45. The predicted molar refractivity (Wildman–Crippen MR) is 130 cm³/mol. The monoisotopic (exact) mass is 475 g/mol. The van der Waals surface area contributed by atoms with E-state index in [4.69, 9.17) is 19.2 Å². The van der Waals surface area contributed by atoms with Gasteiger partial charge >= 0.3 is 11.9 Å². The number of nitrogens with zero attached hydrogens (tertiary/aromatic N) is 1. The Hall–Kier alpha value is -3.58. The Morgan fingerprint density at radius 1 is 0.971 bits per heavy atom. The molecular weight excluding hydrogens is 446 g/mol. The van der Waals surface area contributed by atoms with Gasteiger partial charge in [-0.25, -0.2) is 0 Å². The van der Waals surface area contributed by atoms with Crippen LogP contribution < -0.4 is 4.74 Å². The summed E-state index contributed by atoms with van der Waals surface area (Å²) in [6.45, 7) is 3.54. The lowest BCUT2D eigenvalue weighted by Crippen LogP contribution is -2.38. The Kier molecular flexibility index (Phi) is 7.56. The van der Waals surface area contributed by atoms with Gasteiger partial charge in [0.05, 0.1) is 6.61 Å². The number of carbonyl (C=O) groups is 3. The maximum absolute atomic E-state index is 13.6. The van der Waals surface area contributed by atoms with Crippen molar-refractivity contribution in [3.05, 3.63) is 77.0 Å². The first-order valence-corrected chi connectivity index (χ1v) is 11.7. The number of methoxy groups -OCH3 is 1. The molecule has 0 fully saturated rings. The maximum atomic E-state index is 13.6. The fourth-order valence-corrected chi connectivity index (χ4v) is 4.91. The average Bonchev–Trinajstić information content (AvgIpc) is 2.84. The van der Waals surface area contributed by atoms with E-state index in [1.54, 1.807) is 24.3 Å². The molecule has 0 saturated carbocycles. The van der Waals surface area contributed by atoms with Crippen molar-refractivity contribution in [2.45, 2.75) is 38.5 Å². The van der Waals surface area contributed by atoms with E-state index in [1.165, 1.54) is 14.0 Å². The van der Waals surface area contributed by atoms with E-state index >= 15 is 0 Å². The van der Waals surface area contributed by atoms with Crippen molar-refractivity contribution in [2.24, 2.45) is 10.9 Å². The van der Waals surface area contributed by atoms with Crippen LogP contribution >= 0.6 is 0 Å². The van der Waals surface area contributed by atoms with E-state index in [9.17, 15) is 14.4 Å². The quantitative estimate of drug-likeness (QED) is 0.335. The van der Waals surface area contributed by atoms with Gasteiger partial charge in [0.25, 0.3) is 0 Å². The number of Topliss-reactive ketones (excluding diaryl/α,β-unsaturated/α-hetero) is 1. The van der Waals surface area contributed by atoms with Crippen molar-refractivity contribution < 1.29 is 28.6 Å². The zero-order chi connectivity index (χ0) is 24.9. The molecule has 0 radical (unpaired) electrons. The van der Waals surface area contributed by atoms with E-state index in [0.717, 1.165) is 16.8 Å². The van der Waals surface area contributed by atoms with Gasteiger partial charge in [0, 0.05) is 43.4 Å². The van der Waals surface area contributed by atoms with Crippen molar-refractivity contribution in [1.82, 2.24) is 0 Å². The van der Waals surface area contributed by atoms with Gasteiger partial charge in [-0.15, -0.1) is 0 Å². The highest BCUT2D eigenvalue weighted by atomic mass is 16.6. The highest BCUT2D eigenvalue weighted by molar-refractivity contribution is 6.09. The summed E-state index contributed by atoms with van der Waals surface area (Å²) in [5.74, 6) is -1.71. The van der Waals surface area contributed by atoms with Crippen LogP contribution in [0.4, 0.5) is 0 Å². The van der Waals surface area contributed by atoms with Crippen molar-refractivity contribution in [1.29, 1.82) is 0 Å². The van der Waals surface area contributed by atoms with E-state index in [0.29, 0.717) is 29.9 Å². The Morgan fingerprint density at radius 3 is 2.34 bits per heavy atom. The maximum Gasteiger partial charge on any atom is 0.315 e. The molecule has 7 nitrogen and oxygen atoms in total. The second-order valence-electron chi connectivity index (χ2n) is 8.83. The molecule has 1 heterocycles. The lowest BCUT2D eigenvalue weighted by molar-refractivity contribution is -0.147. The Labute approximate surface area is 204 Å². The summed E-state index contributed by atoms with van der Waals surface area (Å²) in [5, 5.41) is 0. The van der Waals surface area contributed by atoms with Gasteiger partial charge in [0.2, 0.25) is 0 Å². The molecule has 3 atom stereocenters. The number of esters is 2. The first-order chi connectivity index (χ1) is 16.9. The van der Waals surface area contributed by atoms with Gasteiger partial charge in [0.15, 0.2) is 5.78 Å². The molecule has 0 N–H and O–H groups in total. The Bertz CT molecular complexity index is 1170. The van der Waals surface area contributed by atoms with E-state index in [2.05, 4.69) is 0 Å². The summed E-state index contributed by atoms with van der Waals surface area (Å²) in [4.78, 5) is 42.9. The Morgan fingerprint density at radius 2 is 1.69 bits per heavy atom. The normalized spacial score (nSPS) is 21.7. The predicted octanol–water partition coefficient (Wildman–Crippen LogP) is 4.38. The minimum absolute atomic E-state index is 0.0138. The molecule has 2 aromatic carbocycles. The molecule has 7 heteroatoms.